The highest BCUT2D eigenvalue weighted by Gasteiger charge is 2.23. The zero-order chi connectivity index (χ0) is 18.4. The van der Waals surface area contributed by atoms with Crippen LogP contribution in [0.15, 0.2) is 36.8 Å². The van der Waals surface area contributed by atoms with Crippen LogP contribution in [-0.4, -0.2) is 39.7 Å². The van der Waals surface area contributed by atoms with E-state index in [4.69, 9.17) is 4.74 Å². The summed E-state index contributed by atoms with van der Waals surface area (Å²) in [5.41, 5.74) is 3.37. The van der Waals surface area contributed by atoms with Crippen molar-refractivity contribution in [2.45, 2.75) is 52.4 Å². The van der Waals surface area contributed by atoms with Gasteiger partial charge in [0, 0.05) is 32.4 Å². The fourth-order valence-corrected chi connectivity index (χ4v) is 3.30. The summed E-state index contributed by atoms with van der Waals surface area (Å²) in [7, 11) is 0. The molecular weight excluding hydrogens is 328 g/mol. The molecule has 3 rings (SSSR count). The van der Waals surface area contributed by atoms with Crippen LogP contribution in [0.1, 0.15) is 36.6 Å². The summed E-state index contributed by atoms with van der Waals surface area (Å²) in [5.74, 6) is 0. The molecule has 1 saturated heterocycles. The molecular formula is C20H28N4O2. The smallest absolute Gasteiger partial charge is 0.318 e. The van der Waals surface area contributed by atoms with Gasteiger partial charge in [0.2, 0.25) is 0 Å². The van der Waals surface area contributed by atoms with Crippen LogP contribution in [0.2, 0.25) is 0 Å². The number of aromatic nitrogens is 2. The highest BCUT2D eigenvalue weighted by atomic mass is 16.5. The summed E-state index contributed by atoms with van der Waals surface area (Å²) in [6.45, 7) is 7.46. The van der Waals surface area contributed by atoms with Crippen molar-refractivity contribution in [3.8, 4) is 0 Å². The maximum atomic E-state index is 12.9. The van der Waals surface area contributed by atoms with E-state index in [1.165, 1.54) is 11.1 Å². The highest BCUT2D eigenvalue weighted by molar-refractivity contribution is 5.74. The Bertz CT molecular complexity index is 722. The van der Waals surface area contributed by atoms with Crippen LogP contribution < -0.4 is 5.32 Å². The molecule has 1 aromatic heterocycles. The second-order valence-electron chi connectivity index (χ2n) is 6.77. The Morgan fingerprint density at radius 3 is 3.00 bits per heavy atom. The number of imidazole rings is 1. The largest absolute Gasteiger partial charge is 0.376 e. The van der Waals surface area contributed by atoms with Gasteiger partial charge in [-0.25, -0.2) is 9.78 Å². The minimum absolute atomic E-state index is 0.0624. The quantitative estimate of drug-likeness (QED) is 0.829. The lowest BCUT2D eigenvalue weighted by molar-refractivity contribution is 0.0793. The maximum Gasteiger partial charge on any atom is 0.318 e. The first-order valence-electron chi connectivity index (χ1n) is 9.35. The maximum absolute atomic E-state index is 12.9. The number of urea groups is 1. The van der Waals surface area contributed by atoms with Gasteiger partial charge in [-0.15, -0.1) is 0 Å². The van der Waals surface area contributed by atoms with E-state index in [0.29, 0.717) is 19.6 Å². The van der Waals surface area contributed by atoms with Crippen molar-refractivity contribution in [2.24, 2.45) is 0 Å². The van der Waals surface area contributed by atoms with E-state index >= 15 is 0 Å². The number of benzene rings is 1. The molecule has 2 amide bonds. The van der Waals surface area contributed by atoms with Crippen LogP contribution >= 0.6 is 0 Å². The van der Waals surface area contributed by atoms with Gasteiger partial charge in [-0.3, -0.25) is 0 Å². The molecule has 0 unspecified atom stereocenters. The number of hydrogen-bond acceptors (Lipinski definition) is 3. The molecule has 1 aromatic carbocycles. The van der Waals surface area contributed by atoms with Crippen molar-refractivity contribution in [1.82, 2.24) is 19.8 Å². The number of hydrogen-bond donors (Lipinski definition) is 1. The number of rotatable bonds is 7. The molecule has 0 radical (unpaired) electrons. The molecule has 26 heavy (non-hydrogen) atoms. The van der Waals surface area contributed by atoms with Crippen molar-refractivity contribution in [2.75, 3.05) is 13.2 Å². The molecule has 2 heterocycles. The minimum atomic E-state index is -0.0624. The molecule has 140 valence electrons. The van der Waals surface area contributed by atoms with Crippen molar-refractivity contribution in [1.29, 1.82) is 0 Å². The second-order valence-corrected chi connectivity index (χ2v) is 6.77. The van der Waals surface area contributed by atoms with Crippen LogP contribution in [0.3, 0.4) is 0 Å². The molecule has 0 aliphatic carbocycles. The monoisotopic (exact) mass is 356 g/mol. The fraction of sp³-hybridized carbons (Fsp3) is 0.500. The number of aryl methyl sites for hydroxylation is 2. The highest BCUT2D eigenvalue weighted by Crippen LogP contribution is 2.17. The second kappa shape index (κ2) is 8.85. The SMILES string of the molecule is CCn1cncc1CNC(=O)N(Cc1ccccc1C)C[C@H]1CCCO1. The Hall–Kier alpha value is -2.34. The molecule has 1 atom stereocenters. The molecule has 0 saturated carbocycles. The predicted octanol–water partition coefficient (Wildman–Crippen LogP) is 3.10. The van der Waals surface area contributed by atoms with Gasteiger partial charge in [0.1, 0.15) is 0 Å². The van der Waals surface area contributed by atoms with Crippen LogP contribution in [0.4, 0.5) is 4.79 Å². The molecule has 6 nitrogen and oxygen atoms in total. The van der Waals surface area contributed by atoms with E-state index in [1.807, 2.05) is 21.6 Å². The molecule has 1 aliphatic heterocycles. The van der Waals surface area contributed by atoms with Gasteiger partial charge >= 0.3 is 6.03 Å². The average Bonchev–Trinajstić information content (AvgIpc) is 3.32. The Balaban J connectivity index is 1.67. The first-order chi connectivity index (χ1) is 12.7. The van der Waals surface area contributed by atoms with Gasteiger partial charge < -0.3 is 19.5 Å². The Labute approximate surface area is 155 Å². The molecule has 1 fully saturated rings. The Kier molecular flexibility index (Phi) is 6.28. The lowest BCUT2D eigenvalue weighted by Gasteiger charge is -2.26. The molecule has 2 aromatic rings. The summed E-state index contributed by atoms with van der Waals surface area (Å²) in [6, 6.07) is 8.14. The topological polar surface area (TPSA) is 59.4 Å². The van der Waals surface area contributed by atoms with Crippen LogP contribution in [-0.2, 0) is 24.4 Å². The van der Waals surface area contributed by atoms with Crippen molar-refractivity contribution < 1.29 is 9.53 Å². The minimum Gasteiger partial charge on any atom is -0.376 e. The normalized spacial score (nSPS) is 16.6. The first-order valence-corrected chi connectivity index (χ1v) is 9.35. The van der Waals surface area contributed by atoms with Gasteiger partial charge in [-0.05, 0) is 37.8 Å². The van der Waals surface area contributed by atoms with Crippen LogP contribution in [0, 0.1) is 6.92 Å². The zero-order valence-corrected chi connectivity index (χ0v) is 15.6. The molecule has 6 heteroatoms. The van der Waals surface area contributed by atoms with Gasteiger partial charge in [0.15, 0.2) is 0 Å². The summed E-state index contributed by atoms with van der Waals surface area (Å²) in [6.07, 6.45) is 5.81. The Morgan fingerprint density at radius 2 is 2.27 bits per heavy atom. The van der Waals surface area contributed by atoms with E-state index in [1.54, 1.807) is 12.5 Å². The van der Waals surface area contributed by atoms with Gasteiger partial charge in [0.25, 0.3) is 0 Å². The lowest BCUT2D eigenvalue weighted by Crippen LogP contribution is -2.43. The summed E-state index contributed by atoms with van der Waals surface area (Å²) < 4.78 is 7.79. The number of nitrogens with one attached hydrogen (secondary N) is 1. The van der Waals surface area contributed by atoms with Crippen molar-refractivity contribution >= 4 is 6.03 Å². The molecule has 1 N–H and O–H groups in total. The molecule has 0 bridgehead atoms. The third-order valence-electron chi connectivity index (χ3n) is 4.92. The van der Waals surface area contributed by atoms with Crippen LogP contribution in [0.5, 0.6) is 0 Å². The number of ether oxygens (including phenoxy) is 1. The average molecular weight is 356 g/mol. The van der Waals surface area contributed by atoms with Crippen LogP contribution in [0.25, 0.3) is 0 Å². The van der Waals surface area contributed by atoms with Gasteiger partial charge in [-0.2, -0.15) is 0 Å². The van der Waals surface area contributed by atoms with E-state index < -0.39 is 0 Å². The van der Waals surface area contributed by atoms with E-state index in [-0.39, 0.29) is 12.1 Å². The third kappa shape index (κ3) is 4.64. The number of carbonyl (C=O) groups is 1. The summed E-state index contributed by atoms with van der Waals surface area (Å²) in [4.78, 5) is 18.9. The standard InChI is InChI=1S/C20H28N4O2/c1-3-23-15-21-11-18(23)12-22-20(25)24(14-19-9-6-10-26-19)13-17-8-5-4-7-16(17)2/h4-5,7-8,11,15,19H,3,6,9-10,12-14H2,1-2H3,(H,22,25)/t19-/m1/s1. The van der Waals surface area contributed by atoms with Gasteiger partial charge in [0.05, 0.1) is 24.7 Å². The van der Waals surface area contributed by atoms with Crippen molar-refractivity contribution in [3.63, 3.8) is 0 Å². The number of nitrogens with zero attached hydrogens (tertiary/aromatic N) is 3. The lowest BCUT2D eigenvalue weighted by atomic mass is 10.1. The predicted molar refractivity (Wildman–Crippen MR) is 101 cm³/mol. The van der Waals surface area contributed by atoms with Gasteiger partial charge in [-0.1, -0.05) is 24.3 Å². The van der Waals surface area contributed by atoms with E-state index in [2.05, 4.69) is 36.3 Å². The third-order valence-corrected chi connectivity index (χ3v) is 4.92. The summed E-state index contributed by atoms with van der Waals surface area (Å²) >= 11 is 0. The zero-order valence-electron chi connectivity index (χ0n) is 15.6. The number of amides is 2. The molecule has 1 aliphatic rings. The summed E-state index contributed by atoms with van der Waals surface area (Å²) in [5, 5.41) is 3.04. The van der Waals surface area contributed by atoms with E-state index in [9.17, 15) is 4.79 Å². The first kappa shape index (κ1) is 18.5. The number of carbonyl (C=O) groups excluding carboxylic acids is 1. The van der Waals surface area contributed by atoms with Crippen molar-refractivity contribution in [3.05, 3.63) is 53.6 Å². The molecule has 0 spiro atoms. The Morgan fingerprint density at radius 1 is 1.42 bits per heavy atom. The van der Waals surface area contributed by atoms with E-state index in [0.717, 1.165) is 31.7 Å². The fourth-order valence-electron chi connectivity index (χ4n) is 3.30.